The average molecular weight is 286 g/mol. The van der Waals surface area contributed by atoms with Crippen LogP contribution >= 0.6 is 0 Å². The maximum absolute atomic E-state index is 13.2. The van der Waals surface area contributed by atoms with E-state index in [2.05, 4.69) is 5.32 Å². The molecule has 0 unspecified atom stereocenters. The van der Waals surface area contributed by atoms with Crippen LogP contribution in [0.3, 0.4) is 0 Å². The van der Waals surface area contributed by atoms with E-state index in [0.717, 1.165) is 12.1 Å². The van der Waals surface area contributed by atoms with Gasteiger partial charge < -0.3 is 5.32 Å². The molecule has 0 radical (unpaired) electrons. The molecule has 0 heterocycles. The third-order valence-corrected chi connectivity index (χ3v) is 3.05. The lowest BCUT2D eigenvalue weighted by atomic mass is 10.1. The predicted molar refractivity (Wildman–Crippen MR) is 73.4 cm³/mol. The summed E-state index contributed by atoms with van der Waals surface area (Å²) >= 11 is 0. The van der Waals surface area contributed by atoms with Crippen LogP contribution in [0.4, 0.5) is 8.78 Å². The molecular weight excluding hydrogens is 274 g/mol. The highest BCUT2D eigenvalue weighted by atomic mass is 19.2. The zero-order valence-corrected chi connectivity index (χ0v) is 11.2. The van der Waals surface area contributed by atoms with E-state index >= 15 is 0 Å². The summed E-state index contributed by atoms with van der Waals surface area (Å²) < 4.78 is 26.1. The number of carbonyl (C=O) groups is 1. The van der Waals surface area contributed by atoms with E-state index in [0.29, 0.717) is 16.7 Å². The predicted octanol–water partition coefficient (Wildman–Crippen LogP) is 3.33. The van der Waals surface area contributed by atoms with Crippen molar-refractivity contribution in [3.05, 3.63) is 70.8 Å². The Morgan fingerprint density at radius 2 is 1.95 bits per heavy atom. The van der Waals surface area contributed by atoms with E-state index < -0.39 is 17.7 Å². The zero-order chi connectivity index (χ0) is 15.4. The van der Waals surface area contributed by atoms with Crippen molar-refractivity contribution in [1.82, 2.24) is 5.32 Å². The summed E-state index contributed by atoms with van der Waals surface area (Å²) in [6.45, 7) is 1.67. The van der Waals surface area contributed by atoms with Crippen molar-refractivity contribution in [2.45, 2.75) is 13.0 Å². The van der Waals surface area contributed by atoms with Crippen molar-refractivity contribution in [2.75, 3.05) is 0 Å². The molecule has 0 aliphatic rings. The molecule has 1 N–H and O–H groups in total. The van der Waals surface area contributed by atoms with Crippen molar-refractivity contribution < 1.29 is 13.6 Å². The monoisotopic (exact) mass is 286 g/mol. The van der Waals surface area contributed by atoms with Gasteiger partial charge >= 0.3 is 0 Å². The van der Waals surface area contributed by atoms with Gasteiger partial charge in [-0.25, -0.2) is 8.78 Å². The van der Waals surface area contributed by atoms with Gasteiger partial charge in [0.2, 0.25) is 0 Å². The van der Waals surface area contributed by atoms with E-state index in [9.17, 15) is 13.6 Å². The number of hydrogen-bond acceptors (Lipinski definition) is 2. The van der Waals surface area contributed by atoms with Gasteiger partial charge in [0.25, 0.3) is 5.91 Å². The largest absolute Gasteiger partial charge is 0.346 e. The lowest BCUT2D eigenvalue weighted by Crippen LogP contribution is -2.26. The molecule has 1 atom stereocenters. The summed E-state index contributed by atoms with van der Waals surface area (Å²) in [5.74, 6) is -2.27. The molecule has 0 saturated heterocycles. The Bertz CT molecular complexity index is 722. The third kappa shape index (κ3) is 3.42. The molecule has 106 valence electrons. The minimum Gasteiger partial charge on any atom is -0.346 e. The number of hydrogen-bond donors (Lipinski definition) is 1. The molecule has 0 bridgehead atoms. The molecule has 3 nitrogen and oxygen atoms in total. The van der Waals surface area contributed by atoms with Crippen molar-refractivity contribution in [2.24, 2.45) is 0 Å². The molecule has 0 aromatic heterocycles. The Morgan fingerprint density at radius 1 is 1.19 bits per heavy atom. The number of halogens is 2. The average Bonchev–Trinajstić information content (AvgIpc) is 2.49. The van der Waals surface area contributed by atoms with Gasteiger partial charge in [-0.15, -0.1) is 0 Å². The summed E-state index contributed by atoms with van der Waals surface area (Å²) in [7, 11) is 0. The van der Waals surface area contributed by atoms with Crippen LogP contribution < -0.4 is 5.32 Å². The second-order valence-electron chi connectivity index (χ2n) is 4.56. The number of nitriles is 1. The topological polar surface area (TPSA) is 52.9 Å². The highest BCUT2D eigenvalue weighted by molar-refractivity contribution is 5.94. The van der Waals surface area contributed by atoms with Crippen LogP contribution in [-0.2, 0) is 0 Å². The molecule has 5 heteroatoms. The maximum atomic E-state index is 13.2. The van der Waals surface area contributed by atoms with E-state index in [1.54, 1.807) is 25.1 Å². The number of nitrogens with zero attached hydrogens (tertiary/aromatic N) is 1. The fourth-order valence-corrected chi connectivity index (χ4v) is 1.88. The van der Waals surface area contributed by atoms with Gasteiger partial charge in [0.05, 0.1) is 17.7 Å². The molecule has 2 aromatic carbocycles. The molecule has 0 aliphatic carbocycles. The molecule has 21 heavy (non-hydrogen) atoms. The number of amides is 1. The summed E-state index contributed by atoms with van der Waals surface area (Å²) in [5, 5.41) is 11.5. The molecule has 2 aromatic rings. The fraction of sp³-hybridized carbons (Fsp3) is 0.125. The standard InChI is InChI=1S/C16H12F2N2O/c1-10(12-5-6-14(17)15(18)8-12)20-16(21)13-4-2-3-11(7-13)9-19/h2-8,10H,1H3,(H,20,21)/t10-/m0/s1. The zero-order valence-electron chi connectivity index (χ0n) is 11.2. The van der Waals surface area contributed by atoms with E-state index in [1.165, 1.54) is 12.1 Å². The summed E-state index contributed by atoms with van der Waals surface area (Å²) in [6, 6.07) is 11.2. The number of carbonyl (C=O) groups excluding carboxylic acids is 1. The van der Waals surface area contributed by atoms with Crippen LogP contribution in [0, 0.1) is 23.0 Å². The summed E-state index contributed by atoms with van der Waals surface area (Å²) in [6.07, 6.45) is 0. The van der Waals surface area contributed by atoms with Crippen LogP contribution in [0.2, 0.25) is 0 Å². The molecule has 0 fully saturated rings. The van der Waals surface area contributed by atoms with Gasteiger partial charge in [-0.05, 0) is 42.8 Å². The Kier molecular flexibility index (Phi) is 4.29. The van der Waals surface area contributed by atoms with Gasteiger partial charge in [0.15, 0.2) is 11.6 Å². The highest BCUT2D eigenvalue weighted by Gasteiger charge is 2.13. The SMILES string of the molecule is C[C@H](NC(=O)c1cccc(C#N)c1)c1ccc(F)c(F)c1. The Labute approximate surface area is 120 Å². The molecular formula is C16H12F2N2O. The quantitative estimate of drug-likeness (QED) is 0.941. The highest BCUT2D eigenvalue weighted by Crippen LogP contribution is 2.16. The second-order valence-corrected chi connectivity index (χ2v) is 4.56. The van der Waals surface area contributed by atoms with Gasteiger partial charge in [-0.3, -0.25) is 4.79 Å². The molecule has 0 saturated carbocycles. The van der Waals surface area contributed by atoms with Gasteiger partial charge in [0.1, 0.15) is 0 Å². The first-order valence-electron chi connectivity index (χ1n) is 6.27. The first-order valence-corrected chi connectivity index (χ1v) is 6.27. The lowest BCUT2D eigenvalue weighted by molar-refractivity contribution is 0.0939. The van der Waals surface area contributed by atoms with Crippen molar-refractivity contribution >= 4 is 5.91 Å². The fourth-order valence-electron chi connectivity index (χ4n) is 1.88. The van der Waals surface area contributed by atoms with Crippen molar-refractivity contribution in [1.29, 1.82) is 5.26 Å². The number of benzene rings is 2. The smallest absolute Gasteiger partial charge is 0.251 e. The van der Waals surface area contributed by atoms with Crippen LogP contribution in [-0.4, -0.2) is 5.91 Å². The maximum Gasteiger partial charge on any atom is 0.251 e. The van der Waals surface area contributed by atoms with Crippen LogP contribution in [0.1, 0.15) is 34.5 Å². The Balaban J connectivity index is 2.14. The number of nitrogens with one attached hydrogen (secondary N) is 1. The minimum atomic E-state index is -0.958. The second kappa shape index (κ2) is 6.14. The third-order valence-electron chi connectivity index (χ3n) is 3.05. The minimum absolute atomic E-state index is 0.337. The van der Waals surface area contributed by atoms with E-state index in [1.807, 2.05) is 6.07 Å². The van der Waals surface area contributed by atoms with Crippen molar-refractivity contribution in [3.8, 4) is 6.07 Å². The molecule has 1 amide bonds. The first kappa shape index (κ1) is 14.7. The first-order chi connectivity index (χ1) is 10.0. The van der Waals surface area contributed by atoms with Gasteiger partial charge in [-0.1, -0.05) is 12.1 Å². The van der Waals surface area contributed by atoms with Crippen LogP contribution in [0.5, 0.6) is 0 Å². The Morgan fingerprint density at radius 3 is 2.62 bits per heavy atom. The lowest BCUT2D eigenvalue weighted by Gasteiger charge is -2.14. The van der Waals surface area contributed by atoms with Crippen LogP contribution in [0.15, 0.2) is 42.5 Å². The number of rotatable bonds is 3. The van der Waals surface area contributed by atoms with E-state index in [-0.39, 0.29) is 5.91 Å². The summed E-state index contributed by atoms with van der Waals surface area (Å²) in [5.41, 5.74) is 1.17. The van der Waals surface area contributed by atoms with Gasteiger partial charge in [-0.2, -0.15) is 5.26 Å². The van der Waals surface area contributed by atoms with Gasteiger partial charge in [0, 0.05) is 5.56 Å². The molecule has 0 aliphatic heterocycles. The molecule has 2 rings (SSSR count). The van der Waals surface area contributed by atoms with E-state index in [4.69, 9.17) is 5.26 Å². The molecule has 0 spiro atoms. The normalized spacial score (nSPS) is 11.5. The summed E-state index contributed by atoms with van der Waals surface area (Å²) in [4.78, 5) is 12.1. The Hall–Kier alpha value is -2.74. The van der Waals surface area contributed by atoms with Crippen LogP contribution in [0.25, 0.3) is 0 Å². The van der Waals surface area contributed by atoms with Crippen molar-refractivity contribution in [3.63, 3.8) is 0 Å².